The molecule has 1 aromatic rings. The van der Waals surface area contributed by atoms with Gasteiger partial charge in [-0.25, -0.2) is 0 Å². The molecule has 2 rings (SSSR count). The Morgan fingerprint density at radius 2 is 1.94 bits per heavy atom. The van der Waals surface area contributed by atoms with Crippen LogP contribution in [0.1, 0.15) is 30.9 Å². The van der Waals surface area contributed by atoms with E-state index in [9.17, 15) is 0 Å². The summed E-state index contributed by atoms with van der Waals surface area (Å²) in [7, 11) is 3.29. The first-order valence-electron chi connectivity index (χ1n) is 6.33. The molecule has 0 bridgehead atoms. The van der Waals surface area contributed by atoms with E-state index in [2.05, 4.69) is 0 Å². The minimum atomic E-state index is -0.0444. The van der Waals surface area contributed by atoms with Crippen LogP contribution in [0.2, 0.25) is 0 Å². The molecular formula is C14H21NO3. The Kier molecular flexibility index (Phi) is 4.44. The van der Waals surface area contributed by atoms with Gasteiger partial charge in [-0.05, 0) is 37.0 Å². The van der Waals surface area contributed by atoms with E-state index >= 15 is 0 Å². The van der Waals surface area contributed by atoms with Gasteiger partial charge in [0.2, 0.25) is 0 Å². The highest BCUT2D eigenvalue weighted by Crippen LogP contribution is 2.29. The van der Waals surface area contributed by atoms with Crippen LogP contribution < -0.4 is 15.2 Å². The number of hydrogen-bond donors (Lipinski definition) is 1. The molecule has 0 spiro atoms. The fraction of sp³-hybridized carbons (Fsp3) is 0.571. The molecule has 100 valence electrons. The van der Waals surface area contributed by atoms with Crippen molar-refractivity contribution >= 4 is 0 Å². The summed E-state index contributed by atoms with van der Waals surface area (Å²) in [6.07, 6.45) is 3.38. The maximum Gasteiger partial charge on any atom is 0.122 e. The Balaban J connectivity index is 2.09. The van der Waals surface area contributed by atoms with Crippen molar-refractivity contribution in [1.82, 2.24) is 0 Å². The normalized spacial score (nSPS) is 20.7. The summed E-state index contributed by atoms with van der Waals surface area (Å²) in [5.74, 6) is 1.54. The van der Waals surface area contributed by atoms with Gasteiger partial charge in [-0.3, -0.25) is 0 Å². The van der Waals surface area contributed by atoms with Crippen LogP contribution in [0.15, 0.2) is 18.2 Å². The maximum absolute atomic E-state index is 6.23. The zero-order valence-corrected chi connectivity index (χ0v) is 11.0. The summed E-state index contributed by atoms with van der Waals surface area (Å²) in [6.45, 7) is 0.860. The summed E-state index contributed by atoms with van der Waals surface area (Å²) < 4.78 is 16.1. The molecule has 1 aliphatic heterocycles. The van der Waals surface area contributed by atoms with Crippen LogP contribution in [0.5, 0.6) is 11.5 Å². The van der Waals surface area contributed by atoms with Crippen LogP contribution in [-0.4, -0.2) is 26.9 Å². The summed E-state index contributed by atoms with van der Waals surface area (Å²) in [5.41, 5.74) is 7.26. The SMILES string of the molecule is COc1cc(OC)cc(C(N)CC2CCCO2)c1. The Bertz CT molecular complexity index is 366. The van der Waals surface area contributed by atoms with Gasteiger partial charge in [0.05, 0.1) is 20.3 Å². The Labute approximate surface area is 108 Å². The van der Waals surface area contributed by atoms with Crippen molar-refractivity contribution in [2.24, 2.45) is 5.73 Å². The molecule has 1 saturated heterocycles. The van der Waals surface area contributed by atoms with Crippen molar-refractivity contribution in [1.29, 1.82) is 0 Å². The molecule has 2 atom stereocenters. The molecule has 0 aromatic heterocycles. The zero-order chi connectivity index (χ0) is 13.0. The summed E-state index contributed by atoms with van der Waals surface area (Å²) in [6, 6.07) is 5.73. The lowest BCUT2D eigenvalue weighted by Gasteiger charge is -2.18. The van der Waals surface area contributed by atoms with E-state index in [1.807, 2.05) is 18.2 Å². The molecule has 4 heteroatoms. The predicted molar refractivity (Wildman–Crippen MR) is 70.1 cm³/mol. The van der Waals surface area contributed by atoms with Crippen LogP contribution >= 0.6 is 0 Å². The molecule has 1 heterocycles. The molecule has 0 amide bonds. The van der Waals surface area contributed by atoms with Gasteiger partial charge >= 0.3 is 0 Å². The Morgan fingerprint density at radius 3 is 2.44 bits per heavy atom. The molecule has 1 aliphatic rings. The number of benzene rings is 1. The third-order valence-corrected chi connectivity index (χ3v) is 3.34. The lowest BCUT2D eigenvalue weighted by molar-refractivity contribution is 0.0983. The molecule has 18 heavy (non-hydrogen) atoms. The van der Waals surface area contributed by atoms with Gasteiger partial charge < -0.3 is 19.9 Å². The minimum Gasteiger partial charge on any atom is -0.497 e. The maximum atomic E-state index is 6.23. The minimum absolute atomic E-state index is 0.0444. The number of rotatable bonds is 5. The number of hydrogen-bond acceptors (Lipinski definition) is 4. The summed E-state index contributed by atoms with van der Waals surface area (Å²) in [4.78, 5) is 0. The van der Waals surface area contributed by atoms with Crippen LogP contribution in [0.25, 0.3) is 0 Å². The second-order valence-corrected chi connectivity index (χ2v) is 4.62. The number of methoxy groups -OCH3 is 2. The predicted octanol–water partition coefficient (Wildman–Crippen LogP) is 2.27. The van der Waals surface area contributed by atoms with Gasteiger partial charge in [0, 0.05) is 18.7 Å². The van der Waals surface area contributed by atoms with Crippen LogP contribution in [0.3, 0.4) is 0 Å². The van der Waals surface area contributed by atoms with Gasteiger partial charge in [-0.1, -0.05) is 0 Å². The largest absolute Gasteiger partial charge is 0.497 e. The third-order valence-electron chi connectivity index (χ3n) is 3.34. The second kappa shape index (κ2) is 6.07. The number of nitrogens with two attached hydrogens (primary N) is 1. The molecular weight excluding hydrogens is 230 g/mol. The smallest absolute Gasteiger partial charge is 0.122 e. The first kappa shape index (κ1) is 13.2. The average molecular weight is 251 g/mol. The van der Waals surface area contributed by atoms with Gasteiger partial charge in [0.25, 0.3) is 0 Å². The molecule has 4 nitrogen and oxygen atoms in total. The standard InChI is InChI=1S/C14H21NO3/c1-16-12-6-10(7-13(8-12)17-2)14(15)9-11-4-3-5-18-11/h6-8,11,14H,3-5,9,15H2,1-2H3. The van der Waals surface area contributed by atoms with E-state index in [0.717, 1.165) is 42.9 Å². The Hall–Kier alpha value is -1.26. The Morgan fingerprint density at radius 1 is 1.28 bits per heavy atom. The summed E-state index contributed by atoms with van der Waals surface area (Å²) in [5, 5.41) is 0. The fourth-order valence-electron chi connectivity index (χ4n) is 2.29. The van der Waals surface area contributed by atoms with Gasteiger partial charge in [0.1, 0.15) is 11.5 Å². The van der Waals surface area contributed by atoms with Crippen molar-refractivity contribution in [2.75, 3.05) is 20.8 Å². The molecule has 1 fully saturated rings. The quantitative estimate of drug-likeness (QED) is 0.872. The molecule has 0 saturated carbocycles. The van der Waals surface area contributed by atoms with Crippen molar-refractivity contribution < 1.29 is 14.2 Å². The monoisotopic (exact) mass is 251 g/mol. The van der Waals surface area contributed by atoms with Crippen LogP contribution in [0.4, 0.5) is 0 Å². The molecule has 1 aromatic carbocycles. The molecule has 0 aliphatic carbocycles. The van der Waals surface area contributed by atoms with Crippen molar-refractivity contribution in [3.8, 4) is 11.5 Å². The highest BCUT2D eigenvalue weighted by Gasteiger charge is 2.20. The first-order valence-corrected chi connectivity index (χ1v) is 6.33. The van der Waals surface area contributed by atoms with E-state index < -0.39 is 0 Å². The lowest BCUT2D eigenvalue weighted by Crippen LogP contribution is -2.18. The van der Waals surface area contributed by atoms with E-state index in [1.54, 1.807) is 14.2 Å². The highest BCUT2D eigenvalue weighted by molar-refractivity contribution is 5.39. The van der Waals surface area contributed by atoms with Gasteiger partial charge in [-0.15, -0.1) is 0 Å². The second-order valence-electron chi connectivity index (χ2n) is 4.62. The molecule has 0 radical (unpaired) electrons. The first-order chi connectivity index (χ1) is 8.72. The topological polar surface area (TPSA) is 53.7 Å². The van der Waals surface area contributed by atoms with E-state index in [0.29, 0.717) is 0 Å². The average Bonchev–Trinajstić information content (AvgIpc) is 2.90. The van der Waals surface area contributed by atoms with Crippen LogP contribution in [-0.2, 0) is 4.74 Å². The zero-order valence-electron chi connectivity index (χ0n) is 11.0. The fourth-order valence-corrected chi connectivity index (χ4v) is 2.29. The lowest BCUT2D eigenvalue weighted by atomic mass is 9.99. The molecule has 2 unspecified atom stereocenters. The van der Waals surface area contributed by atoms with E-state index in [1.165, 1.54) is 0 Å². The molecule has 2 N–H and O–H groups in total. The third kappa shape index (κ3) is 3.15. The number of ether oxygens (including phenoxy) is 3. The van der Waals surface area contributed by atoms with Crippen molar-refractivity contribution in [3.05, 3.63) is 23.8 Å². The van der Waals surface area contributed by atoms with E-state index in [4.69, 9.17) is 19.9 Å². The summed E-state index contributed by atoms with van der Waals surface area (Å²) >= 11 is 0. The van der Waals surface area contributed by atoms with E-state index in [-0.39, 0.29) is 12.1 Å². The van der Waals surface area contributed by atoms with Crippen molar-refractivity contribution in [3.63, 3.8) is 0 Å². The van der Waals surface area contributed by atoms with Gasteiger partial charge in [-0.2, -0.15) is 0 Å². The van der Waals surface area contributed by atoms with Crippen LogP contribution in [0, 0.1) is 0 Å². The van der Waals surface area contributed by atoms with Gasteiger partial charge in [0.15, 0.2) is 0 Å². The van der Waals surface area contributed by atoms with Crippen molar-refractivity contribution in [2.45, 2.75) is 31.4 Å². The highest BCUT2D eigenvalue weighted by atomic mass is 16.5.